The molecule has 4 heteroatoms. The van der Waals surface area contributed by atoms with E-state index in [1.165, 1.54) is 6.42 Å². The lowest BCUT2D eigenvalue weighted by molar-refractivity contribution is 0.0604. The molecule has 2 fully saturated rings. The molecule has 1 N–H and O–H groups in total. The molecule has 1 amide bonds. The average molecular weight is 295 g/mol. The molecule has 0 atom stereocenters. The molecule has 2 aromatic rings. The second-order valence-corrected chi connectivity index (χ2v) is 6.60. The Kier molecular flexibility index (Phi) is 3.34. The van der Waals surface area contributed by atoms with Crippen molar-refractivity contribution in [3.8, 4) is 0 Å². The maximum Gasteiger partial charge on any atom is 0.273 e. The molecule has 1 spiro atoms. The number of amides is 1. The molecule has 0 bridgehead atoms. The summed E-state index contributed by atoms with van der Waals surface area (Å²) in [5.41, 5.74) is 1.03. The largest absolute Gasteiger partial charge is 0.337 e. The van der Waals surface area contributed by atoms with E-state index >= 15 is 0 Å². The van der Waals surface area contributed by atoms with Crippen LogP contribution in [0.1, 0.15) is 29.8 Å². The zero-order valence-electron chi connectivity index (χ0n) is 12.7. The van der Waals surface area contributed by atoms with Crippen LogP contribution in [0.15, 0.2) is 36.5 Å². The van der Waals surface area contributed by atoms with Gasteiger partial charge >= 0.3 is 0 Å². The second-order valence-electron chi connectivity index (χ2n) is 6.60. The zero-order valence-corrected chi connectivity index (χ0v) is 12.7. The van der Waals surface area contributed by atoms with Crippen LogP contribution in [0.4, 0.5) is 0 Å². The van der Waals surface area contributed by atoms with Gasteiger partial charge < -0.3 is 10.2 Å². The van der Waals surface area contributed by atoms with Gasteiger partial charge in [-0.3, -0.25) is 9.78 Å². The summed E-state index contributed by atoms with van der Waals surface area (Å²) in [7, 11) is 0. The lowest BCUT2D eigenvalue weighted by Gasteiger charge is -2.38. The van der Waals surface area contributed by atoms with Crippen molar-refractivity contribution in [3.05, 3.63) is 42.2 Å². The number of rotatable bonds is 1. The Balaban J connectivity index is 1.57. The van der Waals surface area contributed by atoms with Gasteiger partial charge in [0, 0.05) is 31.2 Å². The molecule has 0 radical (unpaired) electrons. The van der Waals surface area contributed by atoms with Gasteiger partial charge in [-0.25, -0.2) is 0 Å². The second kappa shape index (κ2) is 5.36. The van der Waals surface area contributed by atoms with E-state index in [-0.39, 0.29) is 5.91 Å². The summed E-state index contributed by atoms with van der Waals surface area (Å²) in [6, 6.07) is 9.94. The highest BCUT2D eigenvalue weighted by atomic mass is 16.2. The van der Waals surface area contributed by atoms with Gasteiger partial charge in [-0.05, 0) is 42.7 Å². The lowest BCUT2D eigenvalue weighted by atomic mass is 9.78. The predicted octanol–water partition coefficient (Wildman–Crippen LogP) is 2.45. The van der Waals surface area contributed by atoms with Crippen LogP contribution in [-0.4, -0.2) is 42.0 Å². The summed E-state index contributed by atoms with van der Waals surface area (Å²) >= 11 is 0. The molecule has 2 saturated heterocycles. The van der Waals surface area contributed by atoms with E-state index in [1.807, 2.05) is 35.2 Å². The number of fused-ring (bicyclic) bond motifs is 1. The summed E-state index contributed by atoms with van der Waals surface area (Å²) in [5.74, 6) is 0.0811. The van der Waals surface area contributed by atoms with E-state index < -0.39 is 0 Å². The van der Waals surface area contributed by atoms with Gasteiger partial charge in [0.25, 0.3) is 5.91 Å². The smallest absolute Gasteiger partial charge is 0.273 e. The third-order valence-electron chi connectivity index (χ3n) is 5.32. The van der Waals surface area contributed by atoms with Gasteiger partial charge in [-0.1, -0.05) is 24.3 Å². The third kappa shape index (κ3) is 2.28. The highest BCUT2D eigenvalue weighted by Crippen LogP contribution is 2.37. The van der Waals surface area contributed by atoms with Crippen molar-refractivity contribution in [2.24, 2.45) is 5.41 Å². The lowest BCUT2D eigenvalue weighted by Crippen LogP contribution is -2.44. The van der Waals surface area contributed by atoms with Gasteiger partial charge in [0.1, 0.15) is 5.69 Å². The number of hydrogen-bond acceptors (Lipinski definition) is 3. The van der Waals surface area contributed by atoms with Crippen molar-refractivity contribution >= 4 is 16.7 Å². The first kappa shape index (κ1) is 13.7. The van der Waals surface area contributed by atoms with Crippen LogP contribution in [0.2, 0.25) is 0 Å². The van der Waals surface area contributed by atoms with Crippen molar-refractivity contribution in [1.29, 1.82) is 0 Å². The SMILES string of the molecule is O=C(c1nccc2ccccc12)N1CCC2(CCNC2)CC1. The van der Waals surface area contributed by atoms with Crippen LogP contribution in [0.5, 0.6) is 0 Å². The predicted molar refractivity (Wildman–Crippen MR) is 86.8 cm³/mol. The number of nitrogens with one attached hydrogen (secondary N) is 1. The summed E-state index contributed by atoms with van der Waals surface area (Å²) in [5, 5.41) is 5.50. The quantitative estimate of drug-likeness (QED) is 0.879. The average Bonchev–Trinajstić information content (AvgIpc) is 3.02. The van der Waals surface area contributed by atoms with Crippen molar-refractivity contribution in [2.45, 2.75) is 19.3 Å². The Morgan fingerprint density at radius 3 is 2.73 bits per heavy atom. The zero-order chi connectivity index (χ0) is 15.0. The molecule has 0 unspecified atom stereocenters. The molecule has 0 aliphatic carbocycles. The Bertz CT molecular complexity index is 691. The molecule has 2 aliphatic heterocycles. The maximum atomic E-state index is 12.9. The van der Waals surface area contributed by atoms with Crippen molar-refractivity contribution in [2.75, 3.05) is 26.2 Å². The molecular formula is C18H21N3O. The Labute approximate surface area is 130 Å². The molecule has 114 valence electrons. The van der Waals surface area contributed by atoms with E-state index in [9.17, 15) is 4.79 Å². The molecule has 22 heavy (non-hydrogen) atoms. The standard InChI is InChI=1S/C18H21N3O/c22-17(16-15-4-2-1-3-14(15)5-9-20-16)21-11-7-18(8-12-21)6-10-19-13-18/h1-5,9,19H,6-8,10-13H2. The highest BCUT2D eigenvalue weighted by molar-refractivity contribution is 6.05. The minimum Gasteiger partial charge on any atom is -0.337 e. The minimum atomic E-state index is 0.0811. The first-order chi connectivity index (χ1) is 10.8. The summed E-state index contributed by atoms with van der Waals surface area (Å²) in [6.07, 6.45) is 5.20. The highest BCUT2D eigenvalue weighted by Gasteiger charge is 2.38. The van der Waals surface area contributed by atoms with E-state index in [2.05, 4.69) is 10.3 Å². The van der Waals surface area contributed by atoms with Crippen LogP contribution in [0.25, 0.3) is 10.8 Å². The number of pyridine rings is 1. The maximum absolute atomic E-state index is 12.9. The molecule has 1 aromatic heterocycles. The summed E-state index contributed by atoms with van der Waals surface area (Å²) in [6.45, 7) is 3.94. The van der Waals surface area contributed by atoms with E-state index in [0.29, 0.717) is 11.1 Å². The molecule has 4 nitrogen and oxygen atoms in total. The van der Waals surface area contributed by atoms with Gasteiger partial charge in [-0.15, -0.1) is 0 Å². The van der Waals surface area contributed by atoms with Gasteiger partial charge in [-0.2, -0.15) is 0 Å². The Hall–Kier alpha value is -1.94. The van der Waals surface area contributed by atoms with E-state index in [1.54, 1.807) is 6.20 Å². The van der Waals surface area contributed by atoms with Gasteiger partial charge in [0.05, 0.1) is 0 Å². The van der Waals surface area contributed by atoms with Crippen LogP contribution >= 0.6 is 0 Å². The van der Waals surface area contributed by atoms with E-state index in [0.717, 1.165) is 49.8 Å². The van der Waals surface area contributed by atoms with Crippen LogP contribution in [0, 0.1) is 5.41 Å². The fourth-order valence-electron chi connectivity index (χ4n) is 3.85. The van der Waals surface area contributed by atoms with Gasteiger partial charge in [0.15, 0.2) is 0 Å². The van der Waals surface area contributed by atoms with Crippen molar-refractivity contribution in [1.82, 2.24) is 15.2 Å². The molecule has 0 saturated carbocycles. The fraction of sp³-hybridized carbons (Fsp3) is 0.444. The molecular weight excluding hydrogens is 274 g/mol. The number of benzene rings is 1. The molecule has 4 rings (SSSR count). The first-order valence-corrected chi connectivity index (χ1v) is 8.11. The van der Waals surface area contributed by atoms with Crippen LogP contribution < -0.4 is 5.32 Å². The monoisotopic (exact) mass is 295 g/mol. The third-order valence-corrected chi connectivity index (χ3v) is 5.32. The van der Waals surface area contributed by atoms with Crippen LogP contribution in [-0.2, 0) is 0 Å². The Morgan fingerprint density at radius 2 is 1.95 bits per heavy atom. The first-order valence-electron chi connectivity index (χ1n) is 8.11. The number of piperidine rings is 1. The molecule has 2 aliphatic rings. The summed E-state index contributed by atoms with van der Waals surface area (Å²) in [4.78, 5) is 19.2. The number of carbonyl (C=O) groups excluding carboxylic acids is 1. The van der Waals surface area contributed by atoms with Crippen molar-refractivity contribution < 1.29 is 4.79 Å². The number of aromatic nitrogens is 1. The number of likely N-dealkylation sites (tertiary alicyclic amines) is 1. The number of nitrogens with zero attached hydrogens (tertiary/aromatic N) is 2. The summed E-state index contributed by atoms with van der Waals surface area (Å²) < 4.78 is 0. The van der Waals surface area contributed by atoms with Crippen molar-refractivity contribution in [3.63, 3.8) is 0 Å². The Morgan fingerprint density at radius 1 is 1.14 bits per heavy atom. The van der Waals surface area contributed by atoms with Crippen LogP contribution in [0.3, 0.4) is 0 Å². The topological polar surface area (TPSA) is 45.2 Å². The fourth-order valence-corrected chi connectivity index (χ4v) is 3.85. The molecule has 1 aromatic carbocycles. The minimum absolute atomic E-state index is 0.0811. The molecule has 3 heterocycles. The number of carbonyl (C=O) groups is 1. The normalized spacial score (nSPS) is 20.6. The number of hydrogen-bond donors (Lipinski definition) is 1. The van der Waals surface area contributed by atoms with E-state index in [4.69, 9.17) is 0 Å². The van der Waals surface area contributed by atoms with Gasteiger partial charge in [0.2, 0.25) is 0 Å².